The molecule has 21 heavy (non-hydrogen) atoms. The van der Waals surface area contributed by atoms with Crippen LogP contribution in [-0.4, -0.2) is 24.5 Å². The van der Waals surface area contributed by atoms with Gasteiger partial charge in [0.05, 0.1) is 22.7 Å². The predicted octanol–water partition coefficient (Wildman–Crippen LogP) is 2.02. The van der Waals surface area contributed by atoms with Gasteiger partial charge in [0.25, 0.3) is 0 Å². The number of aromatic carboxylic acids is 1. The van der Waals surface area contributed by atoms with Gasteiger partial charge in [0, 0.05) is 10.7 Å². The highest BCUT2D eigenvalue weighted by atomic mass is 79.9. The maximum Gasteiger partial charge on any atom is 0.335 e. The molecule has 2 rings (SSSR count). The molecule has 0 atom stereocenters. The Hall–Kier alpha value is -1.77. The van der Waals surface area contributed by atoms with Crippen molar-refractivity contribution in [2.75, 3.05) is 0 Å². The van der Waals surface area contributed by atoms with Gasteiger partial charge in [-0.1, -0.05) is 15.9 Å². The molecule has 2 aromatic rings. The summed E-state index contributed by atoms with van der Waals surface area (Å²) < 4.78 is 27.3. The number of benzene rings is 1. The second-order valence-electron chi connectivity index (χ2n) is 4.12. The molecule has 0 aliphatic heterocycles. The first-order chi connectivity index (χ1) is 9.88. The van der Waals surface area contributed by atoms with Crippen molar-refractivity contribution in [2.24, 2.45) is 0 Å². The Morgan fingerprint density at radius 2 is 1.90 bits per heavy atom. The molecule has 0 aliphatic rings. The fraction of sp³-hybridized carbons (Fsp3) is 0.0769. The highest BCUT2D eigenvalue weighted by molar-refractivity contribution is 9.10. The van der Waals surface area contributed by atoms with Crippen molar-refractivity contribution < 1.29 is 18.3 Å². The highest BCUT2D eigenvalue weighted by Crippen LogP contribution is 2.14. The molecule has 0 aliphatic carbocycles. The van der Waals surface area contributed by atoms with E-state index < -0.39 is 16.0 Å². The van der Waals surface area contributed by atoms with Crippen LogP contribution in [0.25, 0.3) is 0 Å². The van der Waals surface area contributed by atoms with Crippen LogP contribution < -0.4 is 4.72 Å². The first kappa shape index (κ1) is 15.6. The van der Waals surface area contributed by atoms with Crippen molar-refractivity contribution in [3.05, 3.63) is 58.3 Å². The molecular weight excluding hydrogens is 360 g/mol. The zero-order chi connectivity index (χ0) is 15.5. The number of carboxylic acids is 1. The molecule has 0 saturated carbocycles. The zero-order valence-corrected chi connectivity index (χ0v) is 13.1. The molecule has 6 nitrogen and oxygen atoms in total. The molecule has 1 heterocycles. The van der Waals surface area contributed by atoms with Crippen LogP contribution in [0.3, 0.4) is 0 Å². The monoisotopic (exact) mass is 370 g/mol. The van der Waals surface area contributed by atoms with E-state index in [0.717, 1.165) is 4.47 Å². The summed E-state index contributed by atoms with van der Waals surface area (Å²) in [7, 11) is -3.67. The second-order valence-corrected chi connectivity index (χ2v) is 6.80. The standard InChI is InChI=1S/C13H11BrN2O4S/c14-10-1-3-12(4-2-10)21(19,20)16-8-11-7-9(13(17)18)5-6-15-11/h1-7,16H,8H2,(H,17,18). The van der Waals surface area contributed by atoms with Crippen LogP contribution in [0, 0.1) is 0 Å². The topological polar surface area (TPSA) is 96.4 Å². The summed E-state index contributed by atoms with van der Waals surface area (Å²) in [4.78, 5) is 14.9. The van der Waals surface area contributed by atoms with Crippen molar-refractivity contribution in [1.29, 1.82) is 0 Å². The Kier molecular flexibility index (Phi) is 4.71. The maximum atomic E-state index is 12.1. The summed E-state index contributed by atoms with van der Waals surface area (Å²) in [6.45, 7) is -0.0838. The normalized spacial score (nSPS) is 11.3. The number of rotatable bonds is 5. The smallest absolute Gasteiger partial charge is 0.335 e. The van der Waals surface area contributed by atoms with Gasteiger partial charge in [-0.25, -0.2) is 17.9 Å². The van der Waals surface area contributed by atoms with E-state index in [2.05, 4.69) is 25.6 Å². The number of halogens is 1. The maximum absolute atomic E-state index is 12.1. The Morgan fingerprint density at radius 3 is 2.52 bits per heavy atom. The van der Waals surface area contributed by atoms with E-state index in [1.54, 1.807) is 12.1 Å². The molecule has 0 unspecified atom stereocenters. The number of hydrogen-bond acceptors (Lipinski definition) is 4. The lowest BCUT2D eigenvalue weighted by molar-refractivity contribution is 0.0696. The van der Waals surface area contributed by atoms with Crippen LogP contribution in [0.2, 0.25) is 0 Å². The molecule has 0 amide bonds. The second kappa shape index (κ2) is 6.33. The van der Waals surface area contributed by atoms with Crippen LogP contribution in [0.15, 0.2) is 52.0 Å². The molecule has 1 aromatic heterocycles. The van der Waals surface area contributed by atoms with Crippen LogP contribution in [0.4, 0.5) is 0 Å². The number of aromatic nitrogens is 1. The molecule has 0 saturated heterocycles. The molecule has 110 valence electrons. The third-order valence-electron chi connectivity index (χ3n) is 2.63. The molecule has 2 N–H and O–H groups in total. The third-order valence-corrected chi connectivity index (χ3v) is 4.58. The fourth-order valence-electron chi connectivity index (χ4n) is 1.57. The van der Waals surface area contributed by atoms with Crippen LogP contribution in [-0.2, 0) is 16.6 Å². The number of nitrogens with one attached hydrogen (secondary N) is 1. The van der Waals surface area contributed by atoms with Crippen molar-refractivity contribution in [1.82, 2.24) is 9.71 Å². The summed E-state index contributed by atoms with van der Waals surface area (Å²) in [5.74, 6) is -1.09. The van der Waals surface area contributed by atoms with Crippen molar-refractivity contribution in [2.45, 2.75) is 11.4 Å². The average molecular weight is 371 g/mol. The number of nitrogens with zero attached hydrogens (tertiary/aromatic N) is 1. The largest absolute Gasteiger partial charge is 0.478 e. The first-order valence-corrected chi connectivity index (χ1v) is 8.09. The van der Waals surface area contributed by atoms with Crippen molar-refractivity contribution in [3.63, 3.8) is 0 Å². The molecule has 8 heteroatoms. The highest BCUT2D eigenvalue weighted by Gasteiger charge is 2.14. The summed E-state index contributed by atoms with van der Waals surface area (Å²) in [6, 6.07) is 8.85. The number of hydrogen-bond donors (Lipinski definition) is 2. The van der Waals surface area contributed by atoms with Gasteiger partial charge in [0.2, 0.25) is 10.0 Å². The Bertz CT molecular complexity index is 760. The molecule has 0 fully saturated rings. The lowest BCUT2D eigenvalue weighted by Gasteiger charge is -2.07. The lowest BCUT2D eigenvalue weighted by atomic mass is 10.2. The summed E-state index contributed by atoms with van der Waals surface area (Å²) in [5.41, 5.74) is 0.387. The van der Waals surface area contributed by atoms with Crippen molar-refractivity contribution in [3.8, 4) is 0 Å². The minimum absolute atomic E-state index is 0.0582. The molecule has 0 spiro atoms. The van der Waals surface area contributed by atoms with E-state index in [9.17, 15) is 13.2 Å². The fourth-order valence-corrected chi connectivity index (χ4v) is 2.84. The van der Waals surface area contributed by atoms with E-state index in [4.69, 9.17) is 5.11 Å². The van der Waals surface area contributed by atoms with Gasteiger partial charge in [-0.15, -0.1) is 0 Å². The zero-order valence-electron chi connectivity index (χ0n) is 10.7. The number of carboxylic acid groups (broad SMARTS) is 1. The molecular formula is C13H11BrN2O4S. The Balaban J connectivity index is 2.13. The van der Waals surface area contributed by atoms with E-state index in [1.165, 1.54) is 30.5 Å². The van der Waals surface area contributed by atoms with Gasteiger partial charge < -0.3 is 5.11 Å². The SMILES string of the molecule is O=C(O)c1ccnc(CNS(=O)(=O)c2ccc(Br)cc2)c1. The van der Waals surface area contributed by atoms with Crippen molar-refractivity contribution >= 4 is 31.9 Å². The molecule has 0 bridgehead atoms. The van der Waals surface area contributed by atoms with Gasteiger partial charge in [0.1, 0.15) is 0 Å². The van der Waals surface area contributed by atoms with E-state index in [-0.39, 0.29) is 17.0 Å². The van der Waals surface area contributed by atoms with E-state index >= 15 is 0 Å². The third kappa shape index (κ3) is 4.10. The summed E-state index contributed by atoms with van der Waals surface area (Å²) in [5, 5.41) is 8.87. The summed E-state index contributed by atoms with van der Waals surface area (Å²) >= 11 is 3.23. The van der Waals surface area contributed by atoms with E-state index in [1.807, 2.05) is 0 Å². The molecule has 1 aromatic carbocycles. The minimum atomic E-state index is -3.67. The van der Waals surface area contributed by atoms with Gasteiger partial charge in [0.15, 0.2) is 0 Å². The number of sulfonamides is 1. The van der Waals surface area contributed by atoms with Gasteiger partial charge >= 0.3 is 5.97 Å². The lowest BCUT2D eigenvalue weighted by Crippen LogP contribution is -2.23. The minimum Gasteiger partial charge on any atom is -0.478 e. The first-order valence-electron chi connectivity index (χ1n) is 5.82. The van der Waals surface area contributed by atoms with E-state index in [0.29, 0.717) is 5.69 Å². The number of carbonyl (C=O) groups is 1. The van der Waals surface area contributed by atoms with Crippen LogP contribution >= 0.6 is 15.9 Å². The average Bonchev–Trinajstić information content (AvgIpc) is 2.46. The van der Waals surface area contributed by atoms with Gasteiger partial charge in [-0.2, -0.15) is 0 Å². The quantitative estimate of drug-likeness (QED) is 0.838. The Labute approximate surface area is 130 Å². The van der Waals surface area contributed by atoms with Crippen LogP contribution in [0.1, 0.15) is 16.1 Å². The van der Waals surface area contributed by atoms with Gasteiger partial charge in [-0.3, -0.25) is 4.98 Å². The summed E-state index contributed by atoms with van der Waals surface area (Å²) in [6.07, 6.45) is 1.33. The number of pyridine rings is 1. The van der Waals surface area contributed by atoms with Crippen LogP contribution in [0.5, 0.6) is 0 Å². The van der Waals surface area contributed by atoms with Gasteiger partial charge in [-0.05, 0) is 36.4 Å². The molecule has 0 radical (unpaired) electrons. The Morgan fingerprint density at radius 1 is 1.24 bits per heavy atom. The predicted molar refractivity (Wildman–Crippen MR) is 79.4 cm³/mol.